The summed E-state index contributed by atoms with van der Waals surface area (Å²) in [5, 5.41) is 21.7. The van der Waals surface area contributed by atoms with Crippen LogP contribution in [0, 0.1) is 6.92 Å². The average Bonchev–Trinajstić information content (AvgIpc) is 2.89. The molecule has 1 aliphatic rings. The van der Waals surface area contributed by atoms with Crippen LogP contribution < -0.4 is 0 Å². The second-order valence-electron chi connectivity index (χ2n) is 10.6. The third kappa shape index (κ3) is 7.23. The normalized spacial score (nSPS) is 24.2. The van der Waals surface area contributed by atoms with Crippen LogP contribution in [0.2, 0.25) is 0 Å². The molecule has 6 heteroatoms. The van der Waals surface area contributed by atoms with Gasteiger partial charge in [0.05, 0.1) is 19.8 Å². The zero-order valence-corrected chi connectivity index (χ0v) is 22.9. The Morgan fingerprint density at radius 2 is 1.41 bits per heavy atom. The first-order chi connectivity index (χ1) is 17.8. The van der Waals surface area contributed by atoms with Gasteiger partial charge < -0.3 is 24.4 Å². The first-order valence-corrected chi connectivity index (χ1v) is 13.7. The first kappa shape index (κ1) is 27.8. The van der Waals surface area contributed by atoms with Gasteiger partial charge >= 0.3 is 0 Å². The first-order valence-electron chi connectivity index (χ1n) is 12.8. The molecule has 0 bridgehead atoms. The number of aryl methyl sites for hydroxylation is 1. The highest BCUT2D eigenvalue weighted by atomic mass is 32.2. The van der Waals surface area contributed by atoms with Gasteiger partial charge in [0.2, 0.25) is 0 Å². The maximum Gasteiger partial charge on any atom is 0.137 e. The Morgan fingerprint density at radius 3 is 1.95 bits per heavy atom. The topological polar surface area (TPSA) is 68.2 Å². The minimum absolute atomic E-state index is 0.00314. The maximum atomic E-state index is 11.5. The molecule has 4 rings (SSSR count). The third-order valence-corrected chi connectivity index (χ3v) is 7.97. The van der Waals surface area contributed by atoms with E-state index in [-0.39, 0.29) is 12.0 Å². The van der Waals surface area contributed by atoms with Crippen molar-refractivity contribution in [2.75, 3.05) is 6.61 Å². The molecule has 198 valence electrons. The van der Waals surface area contributed by atoms with Gasteiger partial charge in [-0.15, -0.1) is 0 Å². The van der Waals surface area contributed by atoms with Gasteiger partial charge in [0.25, 0.3) is 0 Å². The number of benzene rings is 3. The van der Waals surface area contributed by atoms with Crippen LogP contribution in [0.15, 0.2) is 83.8 Å². The number of rotatable bonds is 9. The SMILES string of the molecule is Cc1ccc(C(C)(C)C)cc1S[C@H]1O[C@H](CO)[C@@H](OCc2ccccc2)[C@H](O)[C@@H]1OCc1ccccc1. The zero-order valence-electron chi connectivity index (χ0n) is 22.0. The van der Waals surface area contributed by atoms with Crippen molar-refractivity contribution in [2.24, 2.45) is 0 Å². The molecule has 5 nitrogen and oxygen atoms in total. The van der Waals surface area contributed by atoms with Crippen LogP contribution in [0.3, 0.4) is 0 Å². The molecule has 3 aromatic rings. The zero-order chi connectivity index (χ0) is 26.4. The second-order valence-corrected chi connectivity index (χ2v) is 11.7. The highest BCUT2D eigenvalue weighted by Crippen LogP contribution is 2.39. The number of ether oxygens (including phenoxy) is 3. The van der Waals surface area contributed by atoms with Crippen molar-refractivity contribution in [2.45, 2.75) is 81.1 Å². The summed E-state index contributed by atoms with van der Waals surface area (Å²) < 4.78 is 18.8. The molecule has 0 saturated carbocycles. The molecule has 3 aromatic carbocycles. The predicted octanol–water partition coefficient (Wildman–Crippen LogP) is 5.63. The van der Waals surface area contributed by atoms with Crippen LogP contribution >= 0.6 is 11.8 Å². The molecule has 1 heterocycles. The van der Waals surface area contributed by atoms with E-state index in [2.05, 4.69) is 45.9 Å². The number of aliphatic hydroxyl groups is 2. The summed E-state index contributed by atoms with van der Waals surface area (Å²) in [5.74, 6) is 0. The molecular weight excluding hydrogens is 484 g/mol. The van der Waals surface area contributed by atoms with Crippen molar-refractivity contribution >= 4 is 11.8 Å². The third-order valence-electron chi connectivity index (χ3n) is 6.66. The molecule has 5 atom stereocenters. The standard InChI is InChI=1S/C31H38O5S/c1-21-15-16-24(31(2,3)4)17-26(21)37-30-29(35-20-23-13-9-6-10-14-23)27(33)28(25(18-32)36-30)34-19-22-11-7-5-8-12-22/h5-17,25,27-30,32-33H,18-20H2,1-4H3/t25-,27+,28-,29+,30-/m1/s1. The van der Waals surface area contributed by atoms with E-state index in [4.69, 9.17) is 14.2 Å². The minimum Gasteiger partial charge on any atom is -0.394 e. The van der Waals surface area contributed by atoms with E-state index in [0.717, 1.165) is 21.6 Å². The van der Waals surface area contributed by atoms with E-state index in [0.29, 0.717) is 13.2 Å². The Labute approximate surface area is 224 Å². The van der Waals surface area contributed by atoms with E-state index in [1.54, 1.807) is 0 Å². The molecule has 0 aliphatic carbocycles. The van der Waals surface area contributed by atoms with Crippen LogP contribution in [0.1, 0.15) is 43.0 Å². The Balaban J connectivity index is 1.58. The summed E-state index contributed by atoms with van der Waals surface area (Å²) in [6.45, 7) is 9.01. The number of hydrogen-bond donors (Lipinski definition) is 2. The van der Waals surface area contributed by atoms with Gasteiger partial charge in [-0.05, 0) is 40.7 Å². The van der Waals surface area contributed by atoms with Crippen molar-refractivity contribution in [1.29, 1.82) is 0 Å². The Hall–Kier alpha value is -2.19. The van der Waals surface area contributed by atoms with Crippen LogP contribution in [-0.2, 0) is 32.8 Å². The lowest BCUT2D eigenvalue weighted by molar-refractivity contribution is -0.237. The van der Waals surface area contributed by atoms with Gasteiger partial charge in [-0.1, -0.05) is 105 Å². The molecular formula is C31H38O5S. The molecule has 1 aliphatic heterocycles. The van der Waals surface area contributed by atoms with Crippen LogP contribution in [0.25, 0.3) is 0 Å². The fraction of sp³-hybridized carbons (Fsp3) is 0.419. The van der Waals surface area contributed by atoms with Gasteiger partial charge in [0.15, 0.2) is 0 Å². The van der Waals surface area contributed by atoms with Crippen molar-refractivity contribution in [3.05, 3.63) is 101 Å². The molecule has 0 unspecified atom stereocenters. The summed E-state index contributed by atoms with van der Waals surface area (Å²) in [7, 11) is 0. The van der Waals surface area contributed by atoms with E-state index < -0.39 is 29.9 Å². The highest BCUT2D eigenvalue weighted by Gasteiger charge is 2.47. The van der Waals surface area contributed by atoms with Crippen LogP contribution in [0.4, 0.5) is 0 Å². The molecule has 0 spiro atoms. The van der Waals surface area contributed by atoms with E-state index >= 15 is 0 Å². The van der Waals surface area contributed by atoms with E-state index in [1.807, 2.05) is 60.7 Å². The molecule has 37 heavy (non-hydrogen) atoms. The van der Waals surface area contributed by atoms with Gasteiger partial charge in [0.1, 0.15) is 29.9 Å². The summed E-state index contributed by atoms with van der Waals surface area (Å²) in [4.78, 5) is 1.07. The van der Waals surface area contributed by atoms with Gasteiger partial charge in [-0.3, -0.25) is 0 Å². The van der Waals surface area contributed by atoms with Crippen LogP contribution in [-0.4, -0.2) is 46.7 Å². The largest absolute Gasteiger partial charge is 0.394 e. The molecule has 2 N–H and O–H groups in total. The number of aliphatic hydroxyl groups excluding tert-OH is 2. The lowest BCUT2D eigenvalue weighted by atomic mass is 9.87. The second kappa shape index (κ2) is 12.6. The lowest BCUT2D eigenvalue weighted by Crippen LogP contribution is -2.59. The van der Waals surface area contributed by atoms with Crippen molar-refractivity contribution in [3.63, 3.8) is 0 Å². The average molecular weight is 523 g/mol. The number of thioether (sulfide) groups is 1. The lowest BCUT2D eigenvalue weighted by Gasteiger charge is -2.43. The van der Waals surface area contributed by atoms with Crippen molar-refractivity contribution in [1.82, 2.24) is 0 Å². The quantitative estimate of drug-likeness (QED) is 0.380. The van der Waals surface area contributed by atoms with Crippen molar-refractivity contribution < 1.29 is 24.4 Å². The molecule has 0 radical (unpaired) electrons. The monoisotopic (exact) mass is 522 g/mol. The molecule has 0 amide bonds. The minimum atomic E-state index is -0.984. The summed E-state index contributed by atoms with van der Waals surface area (Å²) >= 11 is 1.53. The maximum absolute atomic E-state index is 11.5. The Morgan fingerprint density at radius 1 is 0.838 bits per heavy atom. The Bertz CT molecular complexity index is 1120. The summed E-state index contributed by atoms with van der Waals surface area (Å²) in [5.41, 5.74) is 3.82. The summed E-state index contributed by atoms with van der Waals surface area (Å²) in [6, 6.07) is 26.1. The fourth-order valence-corrected chi connectivity index (χ4v) is 5.64. The van der Waals surface area contributed by atoms with Crippen molar-refractivity contribution in [3.8, 4) is 0 Å². The molecule has 1 saturated heterocycles. The Kier molecular flexibility index (Phi) is 9.46. The van der Waals surface area contributed by atoms with Gasteiger partial charge in [-0.25, -0.2) is 0 Å². The molecule has 1 fully saturated rings. The van der Waals surface area contributed by atoms with E-state index in [1.165, 1.54) is 17.3 Å². The predicted molar refractivity (Wildman–Crippen MR) is 148 cm³/mol. The van der Waals surface area contributed by atoms with Gasteiger partial charge in [0, 0.05) is 4.90 Å². The smallest absolute Gasteiger partial charge is 0.137 e. The number of hydrogen-bond acceptors (Lipinski definition) is 6. The van der Waals surface area contributed by atoms with Crippen LogP contribution in [0.5, 0.6) is 0 Å². The van der Waals surface area contributed by atoms with Gasteiger partial charge in [-0.2, -0.15) is 0 Å². The highest BCUT2D eigenvalue weighted by molar-refractivity contribution is 7.99. The summed E-state index contributed by atoms with van der Waals surface area (Å²) in [6.07, 6.45) is -3.06. The van der Waals surface area contributed by atoms with E-state index in [9.17, 15) is 10.2 Å². The fourth-order valence-electron chi connectivity index (χ4n) is 4.37. The molecule has 0 aromatic heterocycles.